The van der Waals surface area contributed by atoms with Crippen LogP contribution in [0.4, 0.5) is 0 Å². The van der Waals surface area contributed by atoms with Crippen LogP contribution >= 0.6 is 0 Å². The van der Waals surface area contributed by atoms with Crippen molar-refractivity contribution in [3.8, 4) is 45.0 Å². The number of amidine groups is 1. The molecule has 1 aromatic heterocycles. The molecule has 2 heterocycles. The van der Waals surface area contributed by atoms with Gasteiger partial charge in [0.05, 0.1) is 11.1 Å². The summed E-state index contributed by atoms with van der Waals surface area (Å²) < 4.78 is 6.53. The maximum absolute atomic E-state index is 6.68. The molecule has 0 amide bonds. The van der Waals surface area contributed by atoms with Crippen molar-refractivity contribution < 1.29 is 4.74 Å². The number of rotatable bonds is 8. The van der Waals surface area contributed by atoms with Gasteiger partial charge in [-0.05, 0) is 74.8 Å². The quantitative estimate of drug-likeness (QED) is 0.121. The molecule has 1 aliphatic heterocycles. The maximum atomic E-state index is 6.68. The van der Waals surface area contributed by atoms with Crippen molar-refractivity contribution >= 4 is 5.84 Å². The van der Waals surface area contributed by atoms with Gasteiger partial charge in [0.15, 0.2) is 0 Å². The number of aromatic nitrogens is 1. The number of ether oxygens (including phenoxy) is 1. The van der Waals surface area contributed by atoms with E-state index < -0.39 is 5.41 Å². The van der Waals surface area contributed by atoms with E-state index in [4.69, 9.17) is 20.4 Å². The zero-order valence-electron chi connectivity index (χ0n) is 30.6. The zero-order chi connectivity index (χ0) is 37.5. The molecule has 0 bridgehead atoms. The van der Waals surface area contributed by atoms with E-state index in [0.29, 0.717) is 12.4 Å². The molecule has 10 rings (SSSR count). The molecular weight excluding hydrogens is 685 g/mol. The van der Waals surface area contributed by atoms with E-state index in [2.05, 4.69) is 127 Å². The van der Waals surface area contributed by atoms with E-state index >= 15 is 0 Å². The topological polar surface area (TPSA) is 72.5 Å². The highest BCUT2D eigenvalue weighted by Crippen LogP contribution is 2.61. The number of hydrogen-bond donors (Lipinski definition) is 2. The van der Waals surface area contributed by atoms with Gasteiger partial charge in [-0.1, -0.05) is 158 Å². The summed E-state index contributed by atoms with van der Waals surface area (Å²) in [5, 5.41) is 3.70. The molecule has 268 valence electrons. The average Bonchev–Trinajstić information content (AvgIpc) is 3.56. The maximum Gasteiger partial charge on any atom is 0.132 e. The van der Waals surface area contributed by atoms with Gasteiger partial charge in [0.1, 0.15) is 23.5 Å². The lowest BCUT2D eigenvalue weighted by atomic mass is 9.66. The predicted octanol–water partition coefficient (Wildman–Crippen LogP) is 11.1. The Hall–Kier alpha value is -7.08. The smallest absolute Gasteiger partial charge is 0.132 e. The van der Waals surface area contributed by atoms with E-state index in [1.807, 2.05) is 72.9 Å². The summed E-state index contributed by atoms with van der Waals surface area (Å²) in [6.07, 6.45) is 1.55. The molecule has 1 atom stereocenters. The van der Waals surface area contributed by atoms with E-state index in [0.717, 1.165) is 67.3 Å². The molecular formula is C51H38N4O. The first-order valence-corrected chi connectivity index (χ1v) is 19.0. The van der Waals surface area contributed by atoms with Crippen LogP contribution in [0.5, 0.6) is 11.5 Å². The van der Waals surface area contributed by atoms with Crippen molar-refractivity contribution in [1.29, 1.82) is 0 Å². The minimum absolute atomic E-state index is 0.340. The highest BCUT2D eigenvalue weighted by molar-refractivity contribution is 5.98. The number of nitrogens with two attached hydrogens (primary N) is 1. The molecule has 8 aromatic rings. The van der Waals surface area contributed by atoms with Crippen molar-refractivity contribution in [2.45, 2.75) is 18.1 Å². The van der Waals surface area contributed by atoms with Crippen LogP contribution in [0.3, 0.4) is 0 Å². The van der Waals surface area contributed by atoms with Crippen LogP contribution in [-0.2, 0) is 12.0 Å². The number of nitrogens with zero attached hydrogens (tertiary/aromatic N) is 2. The molecule has 7 aromatic carbocycles. The highest BCUT2D eigenvalue weighted by Gasteiger charge is 2.51. The molecule has 0 saturated heterocycles. The zero-order valence-corrected chi connectivity index (χ0v) is 30.6. The number of pyridine rings is 1. The van der Waals surface area contributed by atoms with Crippen molar-refractivity contribution in [2.24, 2.45) is 10.7 Å². The van der Waals surface area contributed by atoms with Gasteiger partial charge in [-0.2, -0.15) is 0 Å². The fourth-order valence-corrected chi connectivity index (χ4v) is 8.51. The molecule has 0 fully saturated rings. The first-order chi connectivity index (χ1) is 27.7. The summed E-state index contributed by atoms with van der Waals surface area (Å²) in [7, 11) is 0. The molecule has 0 saturated carbocycles. The monoisotopic (exact) mass is 722 g/mol. The Labute approximate surface area is 326 Å². The van der Waals surface area contributed by atoms with Crippen LogP contribution in [-0.4, -0.2) is 10.8 Å². The van der Waals surface area contributed by atoms with Crippen LogP contribution < -0.4 is 15.8 Å². The second-order valence-electron chi connectivity index (χ2n) is 14.4. The molecule has 5 nitrogen and oxygen atoms in total. The lowest BCUT2D eigenvalue weighted by molar-refractivity contribution is 0.436. The number of aliphatic imine (C=N–C) groups is 1. The van der Waals surface area contributed by atoms with Crippen LogP contribution in [0.2, 0.25) is 0 Å². The Balaban J connectivity index is 0.985. The third-order valence-corrected chi connectivity index (χ3v) is 11.1. The van der Waals surface area contributed by atoms with E-state index in [-0.39, 0.29) is 6.17 Å². The van der Waals surface area contributed by atoms with Gasteiger partial charge < -0.3 is 10.5 Å². The first kappa shape index (κ1) is 33.5. The molecule has 2 aliphatic rings. The molecule has 1 unspecified atom stereocenters. The summed E-state index contributed by atoms with van der Waals surface area (Å²) in [4.78, 5) is 9.99. The lowest BCUT2D eigenvalue weighted by Gasteiger charge is -2.39. The van der Waals surface area contributed by atoms with Gasteiger partial charge in [-0.15, -0.1) is 0 Å². The lowest BCUT2D eigenvalue weighted by Crippen LogP contribution is -2.32. The van der Waals surface area contributed by atoms with E-state index in [1.165, 1.54) is 16.7 Å². The molecule has 0 radical (unpaired) electrons. The summed E-state index contributed by atoms with van der Waals surface area (Å²) in [5.41, 5.74) is 20.6. The van der Waals surface area contributed by atoms with Crippen LogP contribution in [0.25, 0.3) is 33.5 Å². The molecule has 1 spiro atoms. The van der Waals surface area contributed by atoms with Crippen molar-refractivity contribution in [3.05, 3.63) is 233 Å². The number of hydrogen-bond acceptors (Lipinski definition) is 4. The normalized spacial score (nSPS) is 13.9. The van der Waals surface area contributed by atoms with Crippen LogP contribution in [0.15, 0.2) is 199 Å². The largest absolute Gasteiger partial charge is 0.457 e. The fraction of sp³-hybridized carbons (Fsp3) is 0.0588. The fourth-order valence-electron chi connectivity index (χ4n) is 8.51. The predicted molar refractivity (Wildman–Crippen MR) is 226 cm³/mol. The van der Waals surface area contributed by atoms with Gasteiger partial charge in [-0.25, -0.2) is 4.99 Å². The Bertz CT molecular complexity index is 2700. The van der Waals surface area contributed by atoms with Gasteiger partial charge >= 0.3 is 0 Å². The van der Waals surface area contributed by atoms with Crippen LogP contribution in [0.1, 0.15) is 45.1 Å². The Morgan fingerprint density at radius 1 is 0.571 bits per heavy atom. The van der Waals surface area contributed by atoms with Crippen molar-refractivity contribution in [1.82, 2.24) is 10.3 Å². The van der Waals surface area contributed by atoms with Gasteiger partial charge in [0.2, 0.25) is 0 Å². The SMILES string of the molecule is NC(=NC(NCc1cccc(-c2ccc3c(c2)C2(c4ccccc4Oc4ccccc42)c2cccnc2-3)c1)c1ccccc1)c1ccc(-c2ccccc2)cc1. The highest BCUT2D eigenvalue weighted by atomic mass is 16.5. The Kier molecular flexibility index (Phi) is 8.35. The molecule has 56 heavy (non-hydrogen) atoms. The van der Waals surface area contributed by atoms with Crippen molar-refractivity contribution in [2.75, 3.05) is 0 Å². The van der Waals surface area contributed by atoms with Crippen LogP contribution in [0, 0.1) is 0 Å². The van der Waals surface area contributed by atoms with Gasteiger partial charge in [-0.3, -0.25) is 10.3 Å². The molecule has 3 N–H and O–H groups in total. The van der Waals surface area contributed by atoms with Crippen molar-refractivity contribution in [3.63, 3.8) is 0 Å². The standard InChI is InChI=1S/C51H38N4O/c52-49(37-26-24-36(25-27-37)35-14-3-1-4-15-35)55-50(38-16-5-2-6-17-38)54-33-34-13-11-18-39(31-34)40-28-29-41-45(32-40)51(44-21-12-30-53-48(41)44)42-19-7-9-22-46(42)56-47-23-10-8-20-43(47)51/h1-32,50,54H,33H2,(H2,52,55). The minimum atomic E-state index is -0.567. The number of benzene rings is 7. The Morgan fingerprint density at radius 2 is 1.18 bits per heavy atom. The van der Waals surface area contributed by atoms with Gasteiger partial charge in [0, 0.05) is 35.0 Å². The number of para-hydroxylation sites is 2. The average molecular weight is 723 g/mol. The minimum Gasteiger partial charge on any atom is -0.457 e. The summed E-state index contributed by atoms with van der Waals surface area (Å²) in [6.45, 7) is 0.597. The van der Waals surface area contributed by atoms with E-state index in [9.17, 15) is 0 Å². The summed E-state index contributed by atoms with van der Waals surface area (Å²) in [6, 6.07) is 65.6. The third-order valence-electron chi connectivity index (χ3n) is 11.1. The molecule has 1 aliphatic carbocycles. The third kappa shape index (κ3) is 5.69. The summed E-state index contributed by atoms with van der Waals surface area (Å²) >= 11 is 0. The molecule has 5 heteroatoms. The first-order valence-electron chi connectivity index (χ1n) is 19.0. The number of fused-ring (bicyclic) bond motifs is 9. The van der Waals surface area contributed by atoms with Gasteiger partial charge in [0.25, 0.3) is 0 Å². The second kappa shape index (κ2) is 14.0. The second-order valence-corrected chi connectivity index (χ2v) is 14.4. The number of nitrogens with one attached hydrogen (secondary N) is 1. The Morgan fingerprint density at radius 3 is 1.93 bits per heavy atom. The summed E-state index contributed by atoms with van der Waals surface area (Å²) in [5.74, 6) is 2.22. The van der Waals surface area contributed by atoms with E-state index in [1.54, 1.807) is 0 Å².